The van der Waals surface area contributed by atoms with E-state index >= 15 is 0 Å². The number of ether oxygens (including phenoxy) is 1. The van der Waals surface area contributed by atoms with E-state index in [1.54, 1.807) is 48.5 Å². The molecule has 0 atom stereocenters. The van der Waals surface area contributed by atoms with Crippen LogP contribution in [-0.2, 0) is 20.7 Å². The number of aromatic amines is 1. The number of carbonyl (C=O) groups is 3. The number of carbonyl (C=O) groups excluding carboxylic acids is 3. The van der Waals surface area contributed by atoms with Crippen molar-refractivity contribution in [2.45, 2.75) is 26.7 Å². The van der Waals surface area contributed by atoms with Crippen molar-refractivity contribution >= 4 is 34.1 Å². The predicted octanol–water partition coefficient (Wildman–Crippen LogP) is 2.88. The van der Waals surface area contributed by atoms with Crippen molar-refractivity contribution in [3.63, 3.8) is 0 Å². The first-order valence-corrected chi connectivity index (χ1v) is 9.88. The number of esters is 1. The SMILES string of the molecule is CC(C)CC(=O)Nc1ccc(C(=O)COC(=O)Cc2n[nH]c(=O)c3ccccc23)cc1. The molecule has 1 heterocycles. The number of fused-ring (bicyclic) bond motifs is 1. The van der Waals surface area contributed by atoms with Gasteiger partial charge < -0.3 is 10.1 Å². The summed E-state index contributed by atoms with van der Waals surface area (Å²) in [7, 11) is 0. The van der Waals surface area contributed by atoms with Crippen molar-refractivity contribution in [2.24, 2.45) is 5.92 Å². The number of Topliss-reactive ketones (excluding diaryl/α,β-unsaturated/α-hetero) is 1. The molecule has 31 heavy (non-hydrogen) atoms. The minimum atomic E-state index is -0.629. The molecule has 1 amide bonds. The highest BCUT2D eigenvalue weighted by atomic mass is 16.5. The molecular formula is C23H23N3O5. The van der Waals surface area contributed by atoms with Crippen molar-refractivity contribution < 1.29 is 19.1 Å². The van der Waals surface area contributed by atoms with E-state index in [0.29, 0.717) is 34.1 Å². The zero-order valence-corrected chi connectivity index (χ0v) is 17.3. The number of anilines is 1. The monoisotopic (exact) mass is 421 g/mol. The van der Waals surface area contributed by atoms with Crippen LogP contribution in [0.1, 0.15) is 36.3 Å². The number of hydrogen-bond donors (Lipinski definition) is 2. The first-order valence-electron chi connectivity index (χ1n) is 9.88. The smallest absolute Gasteiger partial charge is 0.312 e. The summed E-state index contributed by atoms with van der Waals surface area (Å²) in [5, 5.41) is 10.0. The van der Waals surface area contributed by atoms with Crippen LogP contribution in [-0.4, -0.2) is 34.5 Å². The van der Waals surface area contributed by atoms with Gasteiger partial charge in [0.15, 0.2) is 12.4 Å². The second-order valence-corrected chi connectivity index (χ2v) is 7.53. The molecule has 2 aromatic carbocycles. The average Bonchev–Trinajstić information content (AvgIpc) is 2.74. The molecule has 3 aromatic rings. The summed E-state index contributed by atoms with van der Waals surface area (Å²) in [6, 6.07) is 13.2. The lowest BCUT2D eigenvalue weighted by molar-refractivity contribution is -0.141. The lowest BCUT2D eigenvalue weighted by atomic mass is 10.1. The number of H-pyrrole nitrogens is 1. The van der Waals surface area contributed by atoms with Gasteiger partial charge in [-0.05, 0) is 36.2 Å². The highest BCUT2D eigenvalue weighted by molar-refractivity contribution is 5.99. The maximum Gasteiger partial charge on any atom is 0.312 e. The Morgan fingerprint density at radius 1 is 1.03 bits per heavy atom. The summed E-state index contributed by atoms with van der Waals surface area (Å²) < 4.78 is 5.09. The summed E-state index contributed by atoms with van der Waals surface area (Å²) in [6.45, 7) is 3.50. The fraction of sp³-hybridized carbons (Fsp3) is 0.261. The Morgan fingerprint density at radius 2 is 1.71 bits per heavy atom. The molecular weight excluding hydrogens is 398 g/mol. The summed E-state index contributed by atoms with van der Waals surface area (Å²) in [5.74, 6) is -0.838. The molecule has 160 valence electrons. The van der Waals surface area contributed by atoms with Crippen molar-refractivity contribution in [2.75, 3.05) is 11.9 Å². The van der Waals surface area contributed by atoms with E-state index < -0.39 is 12.6 Å². The topological polar surface area (TPSA) is 118 Å². The molecule has 0 fully saturated rings. The van der Waals surface area contributed by atoms with E-state index in [9.17, 15) is 19.2 Å². The van der Waals surface area contributed by atoms with E-state index in [-0.39, 0.29) is 29.6 Å². The van der Waals surface area contributed by atoms with Crippen LogP contribution in [0.4, 0.5) is 5.69 Å². The molecule has 0 aliphatic heterocycles. The fourth-order valence-electron chi connectivity index (χ4n) is 3.05. The van der Waals surface area contributed by atoms with E-state index in [1.807, 2.05) is 13.8 Å². The van der Waals surface area contributed by atoms with Gasteiger partial charge in [0, 0.05) is 23.1 Å². The van der Waals surface area contributed by atoms with E-state index in [1.165, 1.54) is 0 Å². The minimum Gasteiger partial charge on any atom is -0.457 e. The standard InChI is InChI=1S/C23H23N3O5/c1-14(2)11-21(28)24-16-9-7-15(8-10-16)20(27)13-31-22(29)12-19-17-5-3-4-6-18(17)23(30)26-25-19/h3-10,14H,11-13H2,1-2H3,(H,24,28)(H,26,30). The third kappa shape index (κ3) is 5.85. The van der Waals surface area contributed by atoms with Crippen LogP contribution in [0.3, 0.4) is 0 Å². The number of aromatic nitrogens is 2. The summed E-state index contributed by atoms with van der Waals surface area (Å²) in [4.78, 5) is 48.1. The van der Waals surface area contributed by atoms with Gasteiger partial charge >= 0.3 is 5.97 Å². The Balaban J connectivity index is 1.56. The Hall–Kier alpha value is -3.81. The Labute approximate surface area is 178 Å². The number of hydrogen-bond acceptors (Lipinski definition) is 6. The van der Waals surface area contributed by atoms with Crippen molar-refractivity contribution in [1.29, 1.82) is 0 Å². The van der Waals surface area contributed by atoms with Crippen LogP contribution in [0.15, 0.2) is 53.3 Å². The molecule has 0 saturated heterocycles. The fourth-order valence-corrected chi connectivity index (χ4v) is 3.05. The molecule has 0 radical (unpaired) electrons. The van der Waals surface area contributed by atoms with Gasteiger partial charge in [0.2, 0.25) is 5.91 Å². The van der Waals surface area contributed by atoms with Crippen molar-refractivity contribution in [3.8, 4) is 0 Å². The molecule has 3 rings (SSSR count). The number of rotatable bonds is 8. The largest absolute Gasteiger partial charge is 0.457 e. The molecule has 0 spiro atoms. The Bertz CT molecular complexity index is 1170. The number of nitrogens with zero attached hydrogens (tertiary/aromatic N) is 1. The lowest BCUT2D eigenvalue weighted by Gasteiger charge is -2.08. The van der Waals surface area contributed by atoms with Crippen LogP contribution in [0.2, 0.25) is 0 Å². The molecule has 0 saturated carbocycles. The number of amides is 1. The third-order valence-corrected chi connectivity index (χ3v) is 4.54. The first kappa shape index (κ1) is 21.9. The Morgan fingerprint density at radius 3 is 2.39 bits per heavy atom. The van der Waals surface area contributed by atoms with Crippen LogP contribution in [0.5, 0.6) is 0 Å². The lowest BCUT2D eigenvalue weighted by Crippen LogP contribution is -2.18. The molecule has 0 bridgehead atoms. The third-order valence-electron chi connectivity index (χ3n) is 4.54. The van der Waals surface area contributed by atoms with Gasteiger partial charge in [-0.15, -0.1) is 0 Å². The minimum absolute atomic E-state index is 0.0913. The van der Waals surface area contributed by atoms with Crippen LogP contribution < -0.4 is 10.9 Å². The van der Waals surface area contributed by atoms with Crippen LogP contribution in [0, 0.1) is 5.92 Å². The first-order chi connectivity index (χ1) is 14.8. The maximum absolute atomic E-state index is 12.3. The zero-order valence-electron chi connectivity index (χ0n) is 17.3. The number of ketones is 1. The van der Waals surface area contributed by atoms with Gasteiger partial charge in [-0.3, -0.25) is 19.2 Å². The Kier molecular flexibility index (Phi) is 6.92. The summed E-state index contributed by atoms with van der Waals surface area (Å²) in [5.41, 5.74) is 0.985. The zero-order chi connectivity index (χ0) is 22.4. The van der Waals surface area contributed by atoms with Crippen LogP contribution in [0.25, 0.3) is 10.8 Å². The molecule has 1 aromatic heterocycles. The molecule has 0 unspecified atom stereocenters. The van der Waals surface area contributed by atoms with E-state index in [0.717, 1.165) is 0 Å². The van der Waals surface area contributed by atoms with Gasteiger partial charge in [-0.1, -0.05) is 32.0 Å². The average molecular weight is 421 g/mol. The molecule has 8 heteroatoms. The van der Waals surface area contributed by atoms with Gasteiger partial charge in [0.25, 0.3) is 5.56 Å². The number of benzene rings is 2. The van der Waals surface area contributed by atoms with Crippen molar-refractivity contribution in [3.05, 3.63) is 70.1 Å². The normalized spacial score (nSPS) is 10.8. The number of nitrogens with one attached hydrogen (secondary N) is 2. The van der Waals surface area contributed by atoms with E-state index in [2.05, 4.69) is 15.5 Å². The predicted molar refractivity (Wildman–Crippen MR) is 116 cm³/mol. The van der Waals surface area contributed by atoms with Gasteiger partial charge in [-0.25, -0.2) is 5.10 Å². The van der Waals surface area contributed by atoms with Gasteiger partial charge in [0.1, 0.15) is 0 Å². The van der Waals surface area contributed by atoms with E-state index in [4.69, 9.17) is 4.74 Å². The highest BCUT2D eigenvalue weighted by Crippen LogP contribution is 2.14. The molecule has 0 aliphatic rings. The second-order valence-electron chi connectivity index (χ2n) is 7.53. The molecule has 2 N–H and O–H groups in total. The summed E-state index contributed by atoms with van der Waals surface area (Å²) in [6.07, 6.45) is 0.238. The summed E-state index contributed by atoms with van der Waals surface area (Å²) >= 11 is 0. The van der Waals surface area contributed by atoms with Gasteiger partial charge in [-0.2, -0.15) is 5.10 Å². The van der Waals surface area contributed by atoms with Crippen molar-refractivity contribution in [1.82, 2.24) is 10.2 Å². The van der Waals surface area contributed by atoms with Gasteiger partial charge in [0.05, 0.1) is 17.5 Å². The quantitative estimate of drug-likeness (QED) is 0.426. The maximum atomic E-state index is 12.3. The highest BCUT2D eigenvalue weighted by Gasteiger charge is 2.14. The molecule has 8 nitrogen and oxygen atoms in total. The van der Waals surface area contributed by atoms with Crippen LogP contribution >= 0.6 is 0 Å². The molecule has 0 aliphatic carbocycles. The second kappa shape index (κ2) is 9.80.